The molecule has 0 spiro atoms. The largest absolute Gasteiger partial charge is 0.508 e. The van der Waals surface area contributed by atoms with Crippen molar-refractivity contribution in [1.29, 1.82) is 0 Å². The third kappa shape index (κ3) is 4.61. The third-order valence-corrected chi connectivity index (χ3v) is 5.89. The van der Waals surface area contributed by atoms with Gasteiger partial charge in [-0.2, -0.15) is 0 Å². The van der Waals surface area contributed by atoms with Crippen LogP contribution in [0.15, 0.2) is 78.9 Å². The van der Waals surface area contributed by atoms with Gasteiger partial charge in [-0.15, -0.1) is 0 Å². The summed E-state index contributed by atoms with van der Waals surface area (Å²) in [5, 5.41) is 10.1. The highest BCUT2D eigenvalue weighted by Gasteiger charge is 2.31. The molecule has 0 bridgehead atoms. The van der Waals surface area contributed by atoms with Crippen LogP contribution in [0.1, 0.15) is 40.0 Å². The summed E-state index contributed by atoms with van der Waals surface area (Å²) in [6, 6.07) is 26.2. The van der Waals surface area contributed by atoms with Gasteiger partial charge < -0.3 is 5.11 Å². The average Bonchev–Trinajstić information content (AvgIpc) is 2.76. The molecule has 4 heteroatoms. The summed E-state index contributed by atoms with van der Waals surface area (Å²) >= 11 is 0. The summed E-state index contributed by atoms with van der Waals surface area (Å²) in [6.45, 7) is 6.08. The Morgan fingerprint density at radius 2 is 1.70 bits per heavy atom. The zero-order valence-corrected chi connectivity index (χ0v) is 17.3. The quantitative estimate of drug-likeness (QED) is 0.619. The maximum Gasteiger partial charge on any atom is 0.150 e. The van der Waals surface area contributed by atoms with Crippen LogP contribution in [0.4, 0.5) is 0 Å². The van der Waals surface area contributed by atoms with Crippen molar-refractivity contribution in [3.05, 3.63) is 101 Å². The van der Waals surface area contributed by atoms with Gasteiger partial charge in [0.05, 0.1) is 6.04 Å². The molecule has 1 aliphatic heterocycles. The second-order valence-corrected chi connectivity index (χ2v) is 8.09. The van der Waals surface area contributed by atoms with Gasteiger partial charge in [-0.1, -0.05) is 60.7 Å². The van der Waals surface area contributed by atoms with Crippen LogP contribution >= 0.6 is 0 Å². The highest BCUT2D eigenvalue weighted by molar-refractivity contribution is 5.75. The maximum absolute atomic E-state index is 11.4. The topological polar surface area (TPSA) is 43.8 Å². The molecule has 154 valence electrons. The SMILES string of the molecule is CC1CN(Cc2ccccc2)CCN1C(c1cccc(O)c1)c1cccc(C=O)c1. The van der Waals surface area contributed by atoms with E-state index < -0.39 is 0 Å². The van der Waals surface area contributed by atoms with E-state index in [-0.39, 0.29) is 11.8 Å². The number of piperazine rings is 1. The van der Waals surface area contributed by atoms with Crippen molar-refractivity contribution in [2.75, 3.05) is 19.6 Å². The molecule has 1 fully saturated rings. The van der Waals surface area contributed by atoms with Crippen molar-refractivity contribution in [3.8, 4) is 5.75 Å². The Morgan fingerprint density at radius 1 is 0.967 bits per heavy atom. The maximum atomic E-state index is 11.4. The molecule has 0 amide bonds. The van der Waals surface area contributed by atoms with Crippen LogP contribution in [0.5, 0.6) is 5.75 Å². The van der Waals surface area contributed by atoms with Crippen LogP contribution in [0, 0.1) is 0 Å². The zero-order chi connectivity index (χ0) is 20.9. The number of aromatic hydroxyl groups is 1. The van der Waals surface area contributed by atoms with E-state index in [9.17, 15) is 9.90 Å². The third-order valence-electron chi connectivity index (χ3n) is 5.89. The number of nitrogens with zero attached hydrogens (tertiary/aromatic N) is 2. The monoisotopic (exact) mass is 400 g/mol. The Labute approximate surface area is 178 Å². The lowest BCUT2D eigenvalue weighted by Gasteiger charge is -2.44. The molecular weight excluding hydrogens is 372 g/mol. The molecule has 30 heavy (non-hydrogen) atoms. The number of carbonyl (C=O) groups is 1. The van der Waals surface area contributed by atoms with Crippen molar-refractivity contribution < 1.29 is 9.90 Å². The van der Waals surface area contributed by atoms with Crippen LogP contribution in [0.3, 0.4) is 0 Å². The smallest absolute Gasteiger partial charge is 0.150 e. The van der Waals surface area contributed by atoms with Gasteiger partial charge in [0.15, 0.2) is 0 Å². The van der Waals surface area contributed by atoms with Crippen LogP contribution in [0.2, 0.25) is 0 Å². The Morgan fingerprint density at radius 3 is 2.40 bits per heavy atom. The van der Waals surface area contributed by atoms with Gasteiger partial charge in [-0.05, 0) is 41.8 Å². The fourth-order valence-corrected chi connectivity index (χ4v) is 4.49. The van der Waals surface area contributed by atoms with Crippen LogP contribution in [-0.4, -0.2) is 46.9 Å². The molecule has 2 unspecified atom stereocenters. The molecule has 4 rings (SSSR count). The number of benzene rings is 3. The molecule has 2 atom stereocenters. The second-order valence-electron chi connectivity index (χ2n) is 8.09. The number of phenolic OH excluding ortho intramolecular Hbond substituents is 1. The Hall–Kier alpha value is -2.95. The van der Waals surface area contributed by atoms with E-state index in [4.69, 9.17) is 0 Å². The van der Waals surface area contributed by atoms with Crippen LogP contribution < -0.4 is 0 Å². The summed E-state index contributed by atoms with van der Waals surface area (Å²) in [7, 11) is 0. The lowest BCUT2D eigenvalue weighted by molar-refractivity contribution is 0.0568. The van der Waals surface area contributed by atoms with E-state index in [1.165, 1.54) is 5.56 Å². The van der Waals surface area contributed by atoms with Crippen molar-refractivity contribution in [1.82, 2.24) is 9.80 Å². The first-order valence-corrected chi connectivity index (χ1v) is 10.5. The van der Waals surface area contributed by atoms with Gasteiger partial charge in [0.1, 0.15) is 12.0 Å². The lowest BCUT2D eigenvalue weighted by Crippen LogP contribution is -2.52. The molecule has 1 aliphatic rings. The Kier molecular flexibility index (Phi) is 6.26. The minimum Gasteiger partial charge on any atom is -0.508 e. The van der Waals surface area contributed by atoms with Gasteiger partial charge >= 0.3 is 0 Å². The number of aldehydes is 1. The Bertz CT molecular complexity index is 989. The standard InChI is InChI=1S/C26H28N2O2/c1-20-17-27(18-21-7-3-2-4-8-21)13-14-28(20)26(24-11-6-12-25(30)16-24)23-10-5-9-22(15-23)19-29/h2-12,15-16,19-20,26,30H,13-14,17-18H2,1H3. The highest BCUT2D eigenvalue weighted by Crippen LogP contribution is 2.33. The summed E-state index contributed by atoms with van der Waals surface area (Å²) in [4.78, 5) is 16.4. The Balaban J connectivity index is 1.60. The van der Waals surface area contributed by atoms with Crippen molar-refractivity contribution in [2.45, 2.75) is 25.6 Å². The molecule has 3 aromatic carbocycles. The summed E-state index contributed by atoms with van der Waals surface area (Å²) in [5.74, 6) is 0.263. The van der Waals surface area contributed by atoms with Gasteiger partial charge in [-0.3, -0.25) is 14.6 Å². The molecule has 1 N–H and O–H groups in total. The fourth-order valence-electron chi connectivity index (χ4n) is 4.49. The van der Waals surface area contributed by atoms with Gasteiger partial charge in [-0.25, -0.2) is 0 Å². The van der Waals surface area contributed by atoms with Crippen LogP contribution in [-0.2, 0) is 6.54 Å². The van der Waals surface area contributed by atoms with Gasteiger partial charge in [0.25, 0.3) is 0 Å². The van der Waals surface area contributed by atoms with E-state index in [1.807, 2.05) is 30.3 Å². The van der Waals surface area contributed by atoms with Crippen LogP contribution in [0.25, 0.3) is 0 Å². The van der Waals surface area contributed by atoms with E-state index in [1.54, 1.807) is 6.07 Å². The summed E-state index contributed by atoms with van der Waals surface area (Å²) in [6.07, 6.45) is 0.893. The average molecular weight is 401 g/mol. The zero-order valence-electron chi connectivity index (χ0n) is 17.3. The molecule has 0 aliphatic carbocycles. The highest BCUT2D eigenvalue weighted by atomic mass is 16.3. The number of hydrogen-bond donors (Lipinski definition) is 1. The molecule has 0 aromatic heterocycles. The number of carbonyl (C=O) groups excluding carboxylic acids is 1. The number of hydrogen-bond acceptors (Lipinski definition) is 4. The summed E-state index contributed by atoms with van der Waals surface area (Å²) < 4.78 is 0. The molecule has 0 radical (unpaired) electrons. The van der Waals surface area contributed by atoms with Gasteiger partial charge in [0.2, 0.25) is 0 Å². The molecular formula is C26H28N2O2. The predicted octanol–water partition coefficient (Wildman–Crippen LogP) is 4.50. The number of rotatable bonds is 6. The van der Waals surface area contributed by atoms with E-state index in [0.717, 1.165) is 43.6 Å². The summed E-state index contributed by atoms with van der Waals surface area (Å²) in [5.41, 5.74) is 4.13. The van der Waals surface area contributed by atoms with Crippen molar-refractivity contribution in [2.24, 2.45) is 0 Å². The molecule has 0 saturated carbocycles. The number of phenols is 1. The fraction of sp³-hybridized carbons (Fsp3) is 0.269. The molecule has 1 saturated heterocycles. The minimum atomic E-state index is -0.00845. The van der Waals surface area contributed by atoms with E-state index in [2.05, 4.69) is 59.2 Å². The van der Waals surface area contributed by atoms with Gasteiger partial charge in [0, 0.05) is 37.8 Å². The second kappa shape index (κ2) is 9.24. The molecule has 4 nitrogen and oxygen atoms in total. The first kappa shape index (κ1) is 20.3. The first-order chi connectivity index (χ1) is 14.6. The lowest BCUT2D eigenvalue weighted by atomic mass is 9.93. The first-order valence-electron chi connectivity index (χ1n) is 10.5. The van der Waals surface area contributed by atoms with Crippen molar-refractivity contribution in [3.63, 3.8) is 0 Å². The molecule has 1 heterocycles. The van der Waals surface area contributed by atoms with E-state index >= 15 is 0 Å². The van der Waals surface area contributed by atoms with Crippen molar-refractivity contribution >= 4 is 6.29 Å². The minimum absolute atomic E-state index is 0.00845. The molecule has 3 aromatic rings. The normalized spacial score (nSPS) is 18.8. The predicted molar refractivity (Wildman–Crippen MR) is 120 cm³/mol. The van der Waals surface area contributed by atoms with E-state index in [0.29, 0.717) is 11.6 Å².